The molecule has 0 bridgehead atoms. The van der Waals surface area contributed by atoms with Crippen LogP contribution in [-0.4, -0.2) is 45.5 Å². The van der Waals surface area contributed by atoms with Crippen LogP contribution in [0.5, 0.6) is 23.0 Å². The molecule has 0 saturated carbocycles. The van der Waals surface area contributed by atoms with Crippen LogP contribution in [0.15, 0.2) is 36.7 Å². The number of hydrogen-bond acceptors (Lipinski definition) is 6. The molecule has 3 rings (SSSR count). The summed E-state index contributed by atoms with van der Waals surface area (Å²) in [7, 11) is 3.23. The van der Waals surface area contributed by atoms with Crippen molar-refractivity contribution in [3.8, 4) is 23.0 Å². The van der Waals surface area contributed by atoms with Crippen molar-refractivity contribution in [2.75, 3.05) is 40.5 Å². The largest absolute Gasteiger partial charge is 0.493 e. The molecule has 2 aromatic rings. The van der Waals surface area contributed by atoms with Gasteiger partial charge in [0.25, 0.3) is 0 Å². The summed E-state index contributed by atoms with van der Waals surface area (Å²) in [5.74, 6) is 3.20. The molecule has 6 nitrogen and oxygen atoms in total. The molecule has 24 heavy (non-hydrogen) atoms. The van der Waals surface area contributed by atoms with Gasteiger partial charge >= 0.3 is 0 Å². The fourth-order valence-corrected chi connectivity index (χ4v) is 2.76. The molecule has 0 spiro atoms. The summed E-state index contributed by atoms with van der Waals surface area (Å²) in [6, 6.07) is 7.60. The summed E-state index contributed by atoms with van der Waals surface area (Å²) in [5, 5.41) is 3.41. The molecule has 0 fully saturated rings. The summed E-state index contributed by atoms with van der Waals surface area (Å²) in [6.45, 7) is 2.77. The Morgan fingerprint density at radius 2 is 2.00 bits per heavy atom. The van der Waals surface area contributed by atoms with Gasteiger partial charge in [0.05, 0.1) is 27.0 Å². The summed E-state index contributed by atoms with van der Waals surface area (Å²) < 4.78 is 22.1. The maximum Gasteiger partial charge on any atom is 0.203 e. The molecule has 1 atom stereocenters. The molecular formula is C18H22N2O4. The number of pyridine rings is 1. The predicted molar refractivity (Wildman–Crippen MR) is 90.4 cm³/mol. The first-order chi connectivity index (χ1) is 11.8. The van der Waals surface area contributed by atoms with E-state index in [0.717, 1.165) is 18.8 Å². The van der Waals surface area contributed by atoms with E-state index in [0.29, 0.717) is 36.4 Å². The summed E-state index contributed by atoms with van der Waals surface area (Å²) in [5.41, 5.74) is 1.21. The Hall–Kier alpha value is -2.47. The highest BCUT2D eigenvalue weighted by molar-refractivity contribution is 5.51. The van der Waals surface area contributed by atoms with E-state index in [1.54, 1.807) is 26.6 Å². The van der Waals surface area contributed by atoms with Crippen LogP contribution >= 0.6 is 0 Å². The number of benzene rings is 1. The lowest BCUT2D eigenvalue weighted by Crippen LogP contribution is -2.27. The number of rotatable bonds is 8. The quantitative estimate of drug-likeness (QED) is 0.749. The molecule has 2 heterocycles. The summed E-state index contributed by atoms with van der Waals surface area (Å²) in [6.07, 6.45) is 3.57. The van der Waals surface area contributed by atoms with Crippen molar-refractivity contribution in [2.24, 2.45) is 0 Å². The summed E-state index contributed by atoms with van der Waals surface area (Å²) >= 11 is 0. The zero-order valence-corrected chi connectivity index (χ0v) is 14.0. The Labute approximate surface area is 141 Å². The Kier molecular flexibility index (Phi) is 5.38. The number of methoxy groups -OCH3 is 2. The van der Waals surface area contributed by atoms with Gasteiger partial charge in [0, 0.05) is 30.8 Å². The van der Waals surface area contributed by atoms with Gasteiger partial charge in [-0.15, -0.1) is 0 Å². The zero-order valence-electron chi connectivity index (χ0n) is 14.0. The third-order valence-corrected chi connectivity index (χ3v) is 3.99. The third-order valence-electron chi connectivity index (χ3n) is 3.99. The van der Waals surface area contributed by atoms with Crippen LogP contribution in [0.4, 0.5) is 0 Å². The lowest BCUT2D eigenvalue weighted by Gasteiger charge is -2.15. The number of para-hydroxylation sites is 1. The Morgan fingerprint density at radius 3 is 2.75 bits per heavy atom. The van der Waals surface area contributed by atoms with Gasteiger partial charge in [0.1, 0.15) is 12.4 Å². The van der Waals surface area contributed by atoms with Crippen LogP contribution in [0.25, 0.3) is 0 Å². The number of nitrogens with one attached hydrogen (secondary N) is 1. The number of hydrogen-bond donors (Lipinski definition) is 1. The molecule has 128 valence electrons. The van der Waals surface area contributed by atoms with Gasteiger partial charge in [-0.3, -0.25) is 4.98 Å². The van der Waals surface area contributed by atoms with E-state index in [4.69, 9.17) is 18.9 Å². The minimum atomic E-state index is 0.351. The van der Waals surface area contributed by atoms with Crippen LogP contribution in [-0.2, 0) is 0 Å². The highest BCUT2D eigenvalue weighted by Gasteiger charge is 2.23. The van der Waals surface area contributed by atoms with Gasteiger partial charge in [-0.2, -0.15) is 0 Å². The van der Waals surface area contributed by atoms with E-state index in [1.807, 2.05) is 24.3 Å². The van der Waals surface area contributed by atoms with Gasteiger partial charge < -0.3 is 24.3 Å². The molecule has 6 heteroatoms. The van der Waals surface area contributed by atoms with E-state index in [9.17, 15) is 0 Å². The van der Waals surface area contributed by atoms with Crippen LogP contribution in [0, 0.1) is 0 Å². The van der Waals surface area contributed by atoms with Gasteiger partial charge in [-0.25, -0.2) is 0 Å². The first kappa shape index (κ1) is 16.4. The summed E-state index contributed by atoms with van der Waals surface area (Å²) in [4.78, 5) is 4.08. The third kappa shape index (κ3) is 3.54. The molecule has 1 aromatic carbocycles. The first-order valence-electron chi connectivity index (χ1n) is 7.94. The second kappa shape index (κ2) is 7.88. The molecule has 0 aliphatic carbocycles. The van der Waals surface area contributed by atoms with E-state index >= 15 is 0 Å². The van der Waals surface area contributed by atoms with E-state index < -0.39 is 0 Å². The molecule has 1 unspecified atom stereocenters. The maximum atomic E-state index is 5.83. The van der Waals surface area contributed by atoms with Crippen molar-refractivity contribution in [2.45, 2.75) is 5.92 Å². The van der Waals surface area contributed by atoms with Crippen LogP contribution < -0.4 is 24.3 Å². The lowest BCUT2D eigenvalue weighted by atomic mass is 10.0. The Balaban J connectivity index is 1.47. The Bertz CT molecular complexity index is 656. The van der Waals surface area contributed by atoms with Crippen molar-refractivity contribution < 1.29 is 18.9 Å². The molecule has 1 aromatic heterocycles. The van der Waals surface area contributed by atoms with Crippen molar-refractivity contribution in [3.63, 3.8) is 0 Å². The smallest absolute Gasteiger partial charge is 0.203 e. The average Bonchev–Trinajstić information content (AvgIpc) is 3.04. The predicted octanol–water partition coefficient (Wildman–Crippen LogP) is 2.24. The maximum absolute atomic E-state index is 5.83. The van der Waals surface area contributed by atoms with E-state index in [1.165, 1.54) is 5.56 Å². The van der Waals surface area contributed by atoms with Gasteiger partial charge in [0.15, 0.2) is 11.5 Å². The van der Waals surface area contributed by atoms with Crippen LogP contribution in [0.3, 0.4) is 0 Å². The molecule has 1 N–H and O–H groups in total. The highest BCUT2D eigenvalue weighted by Crippen LogP contribution is 2.36. The number of ether oxygens (including phenoxy) is 4. The molecule has 0 saturated heterocycles. The Morgan fingerprint density at radius 1 is 1.21 bits per heavy atom. The van der Waals surface area contributed by atoms with Crippen molar-refractivity contribution >= 4 is 0 Å². The second-order valence-electron chi connectivity index (χ2n) is 5.47. The molecule has 0 radical (unpaired) electrons. The monoisotopic (exact) mass is 330 g/mol. The topological polar surface area (TPSA) is 61.8 Å². The first-order valence-corrected chi connectivity index (χ1v) is 7.94. The molecule has 0 amide bonds. The zero-order chi connectivity index (χ0) is 16.8. The van der Waals surface area contributed by atoms with Gasteiger partial charge in [-0.05, 0) is 18.2 Å². The molecule has 1 aliphatic rings. The van der Waals surface area contributed by atoms with Crippen LogP contribution in [0.1, 0.15) is 11.5 Å². The minimum absolute atomic E-state index is 0.351. The lowest BCUT2D eigenvalue weighted by molar-refractivity contribution is 0.270. The number of aromatic nitrogens is 1. The average molecular weight is 330 g/mol. The van der Waals surface area contributed by atoms with Crippen LogP contribution in [0.2, 0.25) is 0 Å². The van der Waals surface area contributed by atoms with Crippen molar-refractivity contribution in [1.82, 2.24) is 10.3 Å². The fraction of sp³-hybridized carbons (Fsp3) is 0.389. The second-order valence-corrected chi connectivity index (χ2v) is 5.47. The molecular weight excluding hydrogens is 308 g/mol. The molecule has 1 aliphatic heterocycles. The van der Waals surface area contributed by atoms with Gasteiger partial charge in [0.2, 0.25) is 5.75 Å². The number of fused-ring (bicyclic) bond motifs is 1. The van der Waals surface area contributed by atoms with Gasteiger partial charge in [-0.1, -0.05) is 6.07 Å². The highest BCUT2D eigenvalue weighted by atomic mass is 16.5. The van der Waals surface area contributed by atoms with E-state index in [2.05, 4.69) is 10.3 Å². The minimum Gasteiger partial charge on any atom is -0.493 e. The van der Waals surface area contributed by atoms with E-state index in [-0.39, 0.29) is 0 Å². The standard InChI is InChI=1S/C18H22N2O4/c1-21-15-4-3-5-16(22-2)18(15)23-9-8-20-10-13-12-24-17-11-19-7-6-14(13)17/h3-7,11,13,20H,8-10,12H2,1-2H3. The fourth-order valence-electron chi connectivity index (χ4n) is 2.76. The van der Waals surface area contributed by atoms with Crippen molar-refractivity contribution in [3.05, 3.63) is 42.2 Å². The SMILES string of the molecule is COc1cccc(OC)c1OCCNCC1COc2cnccc21. The normalized spacial score (nSPS) is 15.5. The number of nitrogens with zero attached hydrogens (tertiary/aromatic N) is 1. The van der Waals surface area contributed by atoms with Crippen molar-refractivity contribution in [1.29, 1.82) is 0 Å².